The lowest BCUT2D eigenvalue weighted by molar-refractivity contribution is -0.139. The fourth-order valence-electron chi connectivity index (χ4n) is 8.60. The van der Waals surface area contributed by atoms with Gasteiger partial charge >= 0.3 is 0 Å². The number of carbonyl (C=O) groups excluding carboxylic acids is 2. The van der Waals surface area contributed by atoms with E-state index in [9.17, 15) is 14.0 Å². The minimum absolute atomic E-state index is 0.0581. The number of rotatable bonds is 5. The molecule has 0 spiro atoms. The molecular weight excluding hydrogens is 638 g/mol. The highest BCUT2D eigenvalue weighted by Crippen LogP contribution is 2.66. The van der Waals surface area contributed by atoms with Crippen LogP contribution in [0.25, 0.3) is 22.2 Å². The average molecular weight is 684 g/mol. The van der Waals surface area contributed by atoms with Gasteiger partial charge in [0.25, 0.3) is 0 Å². The topological polar surface area (TPSA) is 92.8 Å². The molecule has 3 atom stereocenters. The predicted octanol–water partition coefficient (Wildman–Crippen LogP) is 6.66. The smallest absolute Gasteiger partial charge is 0.248 e. The summed E-state index contributed by atoms with van der Waals surface area (Å²) in [6.07, 6.45) is 6.68. The van der Waals surface area contributed by atoms with Gasteiger partial charge < -0.3 is 25.3 Å². The zero-order valence-electron chi connectivity index (χ0n) is 28.5. The molecule has 2 aliphatic carbocycles. The summed E-state index contributed by atoms with van der Waals surface area (Å²) in [5.41, 5.74) is 12.5. The van der Waals surface area contributed by atoms with Gasteiger partial charge in [0.1, 0.15) is 11.6 Å². The van der Waals surface area contributed by atoms with E-state index in [0.29, 0.717) is 37.7 Å². The van der Waals surface area contributed by atoms with E-state index in [1.165, 1.54) is 48.2 Å². The van der Waals surface area contributed by atoms with Crippen LogP contribution in [-0.4, -0.2) is 66.4 Å². The Labute approximate surface area is 293 Å². The lowest BCUT2D eigenvalue weighted by Crippen LogP contribution is -2.51. The number of amides is 2. The third kappa shape index (κ3) is 6.23. The number of hydrogen-bond donors (Lipinski definition) is 3. The molecule has 2 amide bonds. The maximum atomic E-state index is 14.8. The van der Waals surface area contributed by atoms with Crippen LogP contribution in [0.15, 0.2) is 60.7 Å². The normalized spacial score (nSPS) is 23.1. The van der Waals surface area contributed by atoms with Gasteiger partial charge in [-0.25, -0.2) is 4.39 Å². The van der Waals surface area contributed by atoms with Gasteiger partial charge in [0.2, 0.25) is 11.8 Å². The Hall–Kier alpha value is -3.86. The van der Waals surface area contributed by atoms with E-state index in [-0.39, 0.29) is 23.7 Å². The summed E-state index contributed by atoms with van der Waals surface area (Å²) < 4.78 is 23.4. The summed E-state index contributed by atoms with van der Waals surface area (Å²) in [5, 5.41) is 4.68. The maximum Gasteiger partial charge on any atom is 0.248 e. The number of fused-ring (bicyclic) bond motifs is 7. The van der Waals surface area contributed by atoms with Crippen molar-refractivity contribution in [1.82, 2.24) is 19.1 Å². The molecule has 258 valence electrons. The van der Waals surface area contributed by atoms with E-state index in [1.54, 1.807) is 23.5 Å². The van der Waals surface area contributed by atoms with E-state index < -0.39 is 11.3 Å². The van der Waals surface area contributed by atoms with Crippen LogP contribution in [0.2, 0.25) is 0 Å². The van der Waals surface area contributed by atoms with Crippen molar-refractivity contribution < 1.29 is 18.7 Å². The van der Waals surface area contributed by atoms with Crippen LogP contribution in [0.5, 0.6) is 5.75 Å². The third-order valence-electron chi connectivity index (χ3n) is 11.0. The molecule has 4 aliphatic rings. The number of ether oxygens (including phenoxy) is 1. The Kier molecular flexibility index (Phi) is 9.23. The molecule has 0 radical (unpaired) electrons. The van der Waals surface area contributed by atoms with Crippen LogP contribution in [0.4, 0.5) is 4.39 Å². The summed E-state index contributed by atoms with van der Waals surface area (Å²) >= 11 is 3.80. The molecule has 2 saturated carbocycles. The van der Waals surface area contributed by atoms with Gasteiger partial charge in [0.15, 0.2) is 0 Å². The van der Waals surface area contributed by atoms with Gasteiger partial charge in [-0.1, -0.05) is 50.3 Å². The summed E-state index contributed by atoms with van der Waals surface area (Å²) in [7, 11) is 5.42. The Morgan fingerprint density at radius 3 is 2.47 bits per heavy atom. The third-order valence-corrected chi connectivity index (χ3v) is 11.0. The zero-order valence-corrected chi connectivity index (χ0v) is 29.4. The summed E-state index contributed by atoms with van der Waals surface area (Å²) in [5.74, 6) is 0.709. The van der Waals surface area contributed by atoms with Crippen LogP contribution in [0.3, 0.4) is 0 Å². The lowest BCUT2D eigenvalue weighted by Gasteiger charge is -2.36. The number of nitrogens with zero attached hydrogens (tertiary/aromatic N) is 3. The summed E-state index contributed by atoms with van der Waals surface area (Å²) in [6, 6.07) is 18.7. The molecule has 3 unspecified atom stereocenters. The standard InChI is InChI=1S/C37H39FN4O3.C2H7NS/c1-45-26-12-14-27-29(18-26)30-19-37(30,36(44)41-16-15-40-31(20-41)22-7-10-25(38)11-8-22)21-42-32-17-24(35(39)43)9-13-28(32)33(34(27)42)23-5-3-2-4-6-23;1-3(2)4/h7-14,17-18,23,30-31,40H,2-6,15-16,19-21H2,1H3,(H2,39,43);4H,1-2H3. The second-order valence-electron chi connectivity index (χ2n) is 14.3. The predicted molar refractivity (Wildman–Crippen MR) is 194 cm³/mol. The number of piperazine rings is 1. The highest BCUT2D eigenvalue weighted by atomic mass is 32.1. The number of aromatic nitrogens is 1. The number of carbonyl (C=O) groups is 2. The van der Waals surface area contributed by atoms with E-state index in [2.05, 4.69) is 40.9 Å². The van der Waals surface area contributed by atoms with Crippen molar-refractivity contribution in [2.45, 2.75) is 62.9 Å². The second kappa shape index (κ2) is 13.5. The van der Waals surface area contributed by atoms with Gasteiger partial charge in [-0.3, -0.25) is 13.9 Å². The van der Waals surface area contributed by atoms with Crippen molar-refractivity contribution in [2.75, 3.05) is 40.8 Å². The first-order chi connectivity index (χ1) is 23.6. The van der Waals surface area contributed by atoms with Crippen molar-refractivity contribution in [1.29, 1.82) is 0 Å². The number of halogens is 1. The minimum Gasteiger partial charge on any atom is -0.497 e. The van der Waals surface area contributed by atoms with Crippen molar-refractivity contribution in [3.8, 4) is 17.0 Å². The second-order valence-corrected chi connectivity index (χ2v) is 15.1. The molecule has 1 aromatic heterocycles. The van der Waals surface area contributed by atoms with Gasteiger partial charge in [0, 0.05) is 60.2 Å². The van der Waals surface area contributed by atoms with Crippen molar-refractivity contribution in [3.05, 3.63) is 88.7 Å². The van der Waals surface area contributed by atoms with Crippen LogP contribution >= 0.6 is 12.8 Å². The molecule has 8 rings (SSSR count). The highest BCUT2D eigenvalue weighted by Gasteiger charge is 2.64. The van der Waals surface area contributed by atoms with Crippen LogP contribution in [0.1, 0.15) is 83.5 Å². The Morgan fingerprint density at radius 2 is 1.78 bits per heavy atom. The molecule has 4 aromatic rings. The van der Waals surface area contributed by atoms with Crippen molar-refractivity contribution >= 4 is 35.5 Å². The molecule has 2 aliphatic heterocycles. The molecule has 3 aromatic carbocycles. The van der Waals surface area contributed by atoms with E-state index in [4.69, 9.17) is 10.5 Å². The number of nitrogens with two attached hydrogens (primary N) is 1. The number of benzene rings is 3. The molecule has 49 heavy (non-hydrogen) atoms. The van der Waals surface area contributed by atoms with Crippen LogP contribution in [0, 0.1) is 11.2 Å². The molecule has 1 saturated heterocycles. The van der Waals surface area contributed by atoms with E-state index in [0.717, 1.165) is 47.0 Å². The fourth-order valence-corrected chi connectivity index (χ4v) is 8.60. The number of primary amides is 1. The largest absolute Gasteiger partial charge is 0.497 e. The fraction of sp³-hybridized carbons (Fsp3) is 0.436. The molecule has 3 N–H and O–H groups in total. The zero-order chi connectivity index (χ0) is 34.4. The summed E-state index contributed by atoms with van der Waals surface area (Å²) in [4.78, 5) is 29.2. The van der Waals surface area contributed by atoms with E-state index >= 15 is 0 Å². The first kappa shape index (κ1) is 33.6. The molecule has 3 heterocycles. The number of nitrogens with one attached hydrogen (secondary N) is 1. The van der Waals surface area contributed by atoms with Gasteiger partial charge in [0.05, 0.1) is 18.2 Å². The Balaban J connectivity index is 0.000000898. The van der Waals surface area contributed by atoms with Crippen LogP contribution < -0.4 is 15.8 Å². The first-order valence-corrected chi connectivity index (χ1v) is 17.8. The molecule has 0 bridgehead atoms. The van der Waals surface area contributed by atoms with Crippen molar-refractivity contribution in [3.63, 3.8) is 0 Å². The molecule has 10 heteroatoms. The number of hydrogen-bond acceptors (Lipinski definition) is 6. The number of thiol groups is 1. The molecular formula is C39H46FN5O3S. The first-order valence-electron chi connectivity index (χ1n) is 17.4. The summed E-state index contributed by atoms with van der Waals surface area (Å²) in [6.45, 7) is 2.36. The number of methoxy groups -OCH3 is 1. The maximum absolute atomic E-state index is 14.8. The lowest BCUT2D eigenvalue weighted by atomic mass is 9.81. The minimum atomic E-state index is -0.616. The van der Waals surface area contributed by atoms with Crippen molar-refractivity contribution in [2.24, 2.45) is 11.1 Å². The quantitative estimate of drug-likeness (QED) is 0.205. The Morgan fingerprint density at radius 1 is 1.04 bits per heavy atom. The average Bonchev–Trinajstić information content (AvgIpc) is 3.78. The monoisotopic (exact) mass is 683 g/mol. The SMILES string of the molecule is CN(C)S.COc1ccc2c(c1)C1CC1(C(=O)N1CCNC(c3ccc(F)cc3)C1)Cn1c-2c(C2CCCCC2)c2ccc(C(N)=O)cc21. The highest BCUT2D eigenvalue weighted by molar-refractivity contribution is 7.77. The Bertz CT molecular complexity index is 1880. The molecule has 8 nitrogen and oxygen atoms in total. The van der Waals surface area contributed by atoms with Gasteiger partial charge in [-0.2, -0.15) is 0 Å². The van der Waals surface area contributed by atoms with Crippen LogP contribution in [-0.2, 0) is 11.3 Å². The van der Waals surface area contributed by atoms with E-state index in [1.807, 2.05) is 37.2 Å². The van der Waals surface area contributed by atoms with Gasteiger partial charge in [-0.15, -0.1) is 0 Å². The van der Waals surface area contributed by atoms with Gasteiger partial charge in [-0.05, 0) is 98.4 Å². The molecule has 3 fully saturated rings.